The normalized spacial score (nSPS) is 13.1. The van der Waals surface area contributed by atoms with E-state index in [1.165, 1.54) is 28.4 Å². The molecule has 0 aromatic carbocycles. The van der Waals surface area contributed by atoms with Crippen LogP contribution in [0, 0.1) is 0 Å². The molecule has 0 aliphatic carbocycles. The third-order valence-corrected chi connectivity index (χ3v) is 12.5. The Hall–Kier alpha value is -1.14. The SMILES string of the molecule is CO[Si](C)(C)Cn1c(=O)n(C[Si](C)(OC)OC)c(=O)n(C[Si](C)(OC)OC)c1=O. The Labute approximate surface area is 173 Å². The van der Waals surface area contributed by atoms with Crippen LogP contribution in [0.15, 0.2) is 14.4 Å². The van der Waals surface area contributed by atoms with E-state index in [2.05, 4.69) is 0 Å². The maximum atomic E-state index is 13.1. The molecule has 0 saturated carbocycles. The van der Waals surface area contributed by atoms with Gasteiger partial charge in [0, 0.05) is 35.5 Å². The molecule has 1 aromatic rings. The first-order valence-electron chi connectivity index (χ1n) is 9.03. The molecule has 1 aromatic heterocycles. The van der Waals surface area contributed by atoms with Crippen LogP contribution in [0.5, 0.6) is 0 Å². The number of aromatic nitrogens is 3. The van der Waals surface area contributed by atoms with Crippen LogP contribution in [-0.4, -0.2) is 74.7 Å². The zero-order chi connectivity index (χ0) is 22.6. The molecule has 0 N–H and O–H groups in total. The topological polar surface area (TPSA) is 112 Å². The van der Waals surface area contributed by atoms with Crippen LogP contribution < -0.4 is 17.1 Å². The average Bonchev–Trinajstić information content (AvgIpc) is 2.71. The fraction of sp³-hybridized carbons (Fsp3) is 0.800. The molecule has 1 rings (SSSR count). The Bertz CT molecular complexity index is 813. The van der Waals surface area contributed by atoms with Gasteiger partial charge in [-0.1, -0.05) is 0 Å². The van der Waals surface area contributed by atoms with Crippen molar-refractivity contribution in [3.8, 4) is 0 Å². The van der Waals surface area contributed by atoms with Gasteiger partial charge >= 0.3 is 34.2 Å². The summed E-state index contributed by atoms with van der Waals surface area (Å²) in [6, 6.07) is 0. The molecule has 0 fully saturated rings. The largest absolute Gasteiger partial charge is 0.419 e. The molecule has 29 heavy (non-hydrogen) atoms. The lowest BCUT2D eigenvalue weighted by Crippen LogP contribution is -2.62. The van der Waals surface area contributed by atoms with Crippen molar-refractivity contribution in [2.75, 3.05) is 35.5 Å². The summed E-state index contributed by atoms with van der Waals surface area (Å²) in [5.41, 5.74) is -2.16. The Morgan fingerprint density at radius 2 is 0.828 bits per heavy atom. The molecule has 0 aliphatic rings. The van der Waals surface area contributed by atoms with Gasteiger partial charge in [0.25, 0.3) is 0 Å². The highest BCUT2D eigenvalue weighted by Gasteiger charge is 2.36. The lowest BCUT2D eigenvalue weighted by atomic mass is 10.8. The molecule has 168 valence electrons. The van der Waals surface area contributed by atoms with Crippen molar-refractivity contribution in [1.82, 2.24) is 13.7 Å². The molecular weight excluding hydrogens is 434 g/mol. The number of hydrogen-bond acceptors (Lipinski definition) is 8. The van der Waals surface area contributed by atoms with Crippen molar-refractivity contribution < 1.29 is 22.1 Å². The Morgan fingerprint density at radius 1 is 0.552 bits per heavy atom. The molecule has 0 amide bonds. The Balaban J connectivity index is 3.81. The molecule has 0 unspecified atom stereocenters. The maximum absolute atomic E-state index is 13.1. The second-order valence-corrected chi connectivity index (χ2v) is 18.7. The second kappa shape index (κ2) is 9.78. The van der Waals surface area contributed by atoms with Gasteiger partial charge in [-0.2, -0.15) is 0 Å². The van der Waals surface area contributed by atoms with Crippen molar-refractivity contribution in [1.29, 1.82) is 0 Å². The monoisotopic (exact) mass is 467 g/mol. The van der Waals surface area contributed by atoms with E-state index < -0.39 is 42.5 Å². The van der Waals surface area contributed by atoms with E-state index in [4.69, 9.17) is 22.1 Å². The van der Waals surface area contributed by atoms with E-state index in [0.29, 0.717) is 0 Å². The van der Waals surface area contributed by atoms with Crippen molar-refractivity contribution in [2.24, 2.45) is 0 Å². The van der Waals surface area contributed by atoms with Crippen molar-refractivity contribution >= 4 is 25.4 Å². The van der Waals surface area contributed by atoms with Gasteiger partial charge < -0.3 is 22.1 Å². The summed E-state index contributed by atoms with van der Waals surface area (Å²) < 4.78 is 30.3. The molecule has 0 atom stereocenters. The van der Waals surface area contributed by atoms with E-state index in [9.17, 15) is 14.4 Å². The standard InChI is InChI=1S/C15H33N3O8Si3/c1-22-27(6,7)10-16-13(19)17(11-28(8,23-2)24-3)15(21)18(14(16)20)12-29(9,25-4)26-5/h10-12H2,1-9H3. The predicted octanol–water partition coefficient (Wildman–Crippen LogP) is -0.630. The van der Waals surface area contributed by atoms with Gasteiger partial charge in [0.15, 0.2) is 0 Å². The summed E-state index contributed by atoms with van der Waals surface area (Å²) in [5, 5.41) is 0. The van der Waals surface area contributed by atoms with Crippen LogP contribution in [0.3, 0.4) is 0 Å². The van der Waals surface area contributed by atoms with Crippen LogP contribution in [0.4, 0.5) is 0 Å². The number of hydrogen-bond donors (Lipinski definition) is 0. The molecule has 0 spiro atoms. The van der Waals surface area contributed by atoms with Crippen LogP contribution >= 0.6 is 0 Å². The van der Waals surface area contributed by atoms with Gasteiger partial charge in [-0.05, 0) is 26.2 Å². The smallest absolute Gasteiger partial charge is 0.355 e. The molecule has 14 heteroatoms. The van der Waals surface area contributed by atoms with Crippen molar-refractivity contribution in [3.63, 3.8) is 0 Å². The molecule has 0 bridgehead atoms. The average molecular weight is 468 g/mol. The summed E-state index contributed by atoms with van der Waals surface area (Å²) in [5.74, 6) is 0. The van der Waals surface area contributed by atoms with Crippen molar-refractivity contribution in [2.45, 2.75) is 44.7 Å². The highest BCUT2D eigenvalue weighted by molar-refractivity contribution is 6.70. The molecule has 11 nitrogen and oxygen atoms in total. The fourth-order valence-corrected chi connectivity index (χ4v) is 6.23. The quantitative estimate of drug-likeness (QED) is 0.396. The maximum Gasteiger partial charge on any atom is 0.355 e. The van der Waals surface area contributed by atoms with Gasteiger partial charge in [0.1, 0.15) is 0 Å². The van der Waals surface area contributed by atoms with Gasteiger partial charge in [-0.25, -0.2) is 28.1 Å². The third-order valence-electron chi connectivity index (χ3n) is 5.09. The van der Waals surface area contributed by atoms with E-state index in [1.54, 1.807) is 20.2 Å². The Morgan fingerprint density at radius 3 is 1.07 bits per heavy atom. The summed E-state index contributed by atoms with van der Waals surface area (Å²) in [4.78, 5) is 39.4. The Kier molecular flexibility index (Phi) is 8.73. The third kappa shape index (κ3) is 5.94. The molecular formula is C15H33N3O8Si3. The summed E-state index contributed by atoms with van der Waals surface area (Å²) in [7, 11) is -0.629. The molecule has 0 radical (unpaired) electrons. The van der Waals surface area contributed by atoms with E-state index in [1.807, 2.05) is 13.1 Å². The molecule has 0 aliphatic heterocycles. The van der Waals surface area contributed by atoms with E-state index in [0.717, 1.165) is 13.7 Å². The first kappa shape index (κ1) is 25.9. The number of nitrogens with zero attached hydrogens (tertiary/aromatic N) is 3. The summed E-state index contributed by atoms with van der Waals surface area (Å²) in [6.45, 7) is 7.22. The van der Waals surface area contributed by atoms with Crippen LogP contribution in [0.25, 0.3) is 0 Å². The summed E-state index contributed by atoms with van der Waals surface area (Å²) in [6.07, 6.45) is -0.0335. The van der Waals surface area contributed by atoms with Gasteiger partial charge in [-0.15, -0.1) is 0 Å². The lowest BCUT2D eigenvalue weighted by molar-refractivity contribution is 0.233. The van der Waals surface area contributed by atoms with Crippen molar-refractivity contribution in [3.05, 3.63) is 31.5 Å². The minimum atomic E-state index is -2.84. The zero-order valence-corrected chi connectivity index (χ0v) is 21.7. The van der Waals surface area contributed by atoms with E-state index in [-0.39, 0.29) is 18.5 Å². The predicted molar refractivity (Wildman–Crippen MR) is 115 cm³/mol. The second-order valence-electron chi connectivity index (χ2n) is 7.65. The van der Waals surface area contributed by atoms with Crippen LogP contribution in [0.2, 0.25) is 26.2 Å². The van der Waals surface area contributed by atoms with Crippen LogP contribution in [-0.2, 0) is 40.6 Å². The van der Waals surface area contributed by atoms with Gasteiger partial charge in [-0.3, -0.25) is 0 Å². The van der Waals surface area contributed by atoms with E-state index >= 15 is 0 Å². The first-order valence-corrected chi connectivity index (χ1v) is 17.2. The van der Waals surface area contributed by atoms with Gasteiger partial charge in [0.2, 0.25) is 8.32 Å². The fourth-order valence-electron chi connectivity index (χ4n) is 2.53. The minimum absolute atomic E-state index is 0.0643. The highest BCUT2D eigenvalue weighted by Crippen LogP contribution is 2.08. The summed E-state index contributed by atoms with van der Waals surface area (Å²) >= 11 is 0. The van der Waals surface area contributed by atoms with Gasteiger partial charge in [0.05, 0.1) is 18.5 Å². The molecule has 0 saturated heterocycles. The highest BCUT2D eigenvalue weighted by atomic mass is 28.4. The first-order chi connectivity index (χ1) is 13.3. The number of rotatable bonds is 11. The lowest BCUT2D eigenvalue weighted by Gasteiger charge is -2.27. The zero-order valence-electron chi connectivity index (χ0n) is 18.7. The molecule has 1 heterocycles. The van der Waals surface area contributed by atoms with Crippen LogP contribution in [0.1, 0.15) is 0 Å². The minimum Gasteiger partial charge on any atom is -0.419 e.